The molecule has 0 radical (unpaired) electrons. The Labute approximate surface area is 98.9 Å². The van der Waals surface area contributed by atoms with Crippen LogP contribution in [0.15, 0.2) is 42.7 Å². The SMILES string of the molecule is OCc1ccncc1NCc1ccccc1F. The molecule has 2 N–H and O–H groups in total. The van der Waals surface area contributed by atoms with Gasteiger partial charge in [0, 0.05) is 23.9 Å². The highest BCUT2D eigenvalue weighted by atomic mass is 19.1. The molecule has 0 aliphatic rings. The molecule has 0 saturated carbocycles. The van der Waals surface area contributed by atoms with E-state index in [0.717, 1.165) is 11.3 Å². The van der Waals surface area contributed by atoms with Gasteiger partial charge in [-0.2, -0.15) is 0 Å². The predicted octanol–water partition coefficient (Wildman–Crippen LogP) is 2.33. The van der Waals surface area contributed by atoms with Crippen LogP contribution >= 0.6 is 0 Å². The van der Waals surface area contributed by atoms with Gasteiger partial charge in [0.15, 0.2) is 0 Å². The minimum atomic E-state index is -0.241. The fraction of sp³-hybridized carbons (Fsp3) is 0.154. The van der Waals surface area contributed by atoms with Crippen molar-refractivity contribution in [2.45, 2.75) is 13.2 Å². The maximum absolute atomic E-state index is 13.4. The van der Waals surface area contributed by atoms with Crippen LogP contribution in [0.2, 0.25) is 0 Å². The number of hydrogen-bond donors (Lipinski definition) is 2. The summed E-state index contributed by atoms with van der Waals surface area (Å²) in [7, 11) is 0. The quantitative estimate of drug-likeness (QED) is 0.850. The molecular weight excluding hydrogens is 219 g/mol. The molecule has 0 aliphatic carbocycles. The molecule has 1 aromatic carbocycles. The third-order valence-corrected chi connectivity index (χ3v) is 2.51. The largest absolute Gasteiger partial charge is 0.392 e. The van der Waals surface area contributed by atoms with Crippen molar-refractivity contribution in [3.8, 4) is 0 Å². The van der Waals surface area contributed by atoms with Crippen molar-refractivity contribution < 1.29 is 9.50 Å². The maximum atomic E-state index is 13.4. The molecule has 2 aromatic rings. The number of rotatable bonds is 4. The number of nitrogens with one attached hydrogen (secondary N) is 1. The van der Waals surface area contributed by atoms with Crippen molar-refractivity contribution in [1.82, 2.24) is 4.98 Å². The highest BCUT2D eigenvalue weighted by Crippen LogP contribution is 2.15. The summed E-state index contributed by atoms with van der Waals surface area (Å²) in [6.07, 6.45) is 3.23. The molecule has 0 aliphatic heterocycles. The Bertz CT molecular complexity index is 502. The van der Waals surface area contributed by atoms with E-state index in [-0.39, 0.29) is 12.4 Å². The molecule has 0 unspecified atom stereocenters. The molecule has 1 aromatic heterocycles. The molecule has 0 saturated heterocycles. The molecule has 0 atom stereocenters. The van der Waals surface area contributed by atoms with E-state index < -0.39 is 0 Å². The van der Waals surface area contributed by atoms with Gasteiger partial charge < -0.3 is 10.4 Å². The topological polar surface area (TPSA) is 45.2 Å². The summed E-state index contributed by atoms with van der Waals surface area (Å²) in [6, 6.07) is 8.31. The number of nitrogens with zero attached hydrogens (tertiary/aromatic N) is 1. The Balaban J connectivity index is 2.10. The van der Waals surface area contributed by atoms with E-state index >= 15 is 0 Å². The number of anilines is 1. The first-order valence-corrected chi connectivity index (χ1v) is 5.32. The lowest BCUT2D eigenvalue weighted by Crippen LogP contribution is -2.04. The number of aromatic nitrogens is 1. The zero-order valence-electron chi connectivity index (χ0n) is 9.23. The molecule has 0 amide bonds. The molecule has 2 rings (SSSR count). The third kappa shape index (κ3) is 2.79. The highest BCUT2D eigenvalue weighted by Gasteiger charge is 2.03. The third-order valence-electron chi connectivity index (χ3n) is 2.51. The van der Waals surface area contributed by atoms with Gasteiger partial charge in [-0.25, -0.2) is 4.39 Å². The molecular formula is C13H13FN2O. The van der Waals surface area contributed by atoms with Gasteiger partial charge in [0.05, 0.1) is 18.5 Å². The van der Waals surface area contributed by atoms with Crippen LogP contribution in [0, 0.1) is 5.82 Å². The van der Waals surface area contributed by atoms with E-state index in [4.69, 9.17) is 5.11 Å². The number of hydrogen-bond acceptors (Lipinski definition) is 3. The number of aliphatic hydroxyl groups is 1. The second kappa shape index (κ2) is 5.41. The Morgan fingerprint density at radius 3 is 2.76 bits per heavy atom. The first-order chi connectivity index (χ1) is 8.31. The standard InChI is InChI=1S/C13H13FN2O/c14-12-4-2-1-3-10(12)7-16-13-8-15-6-5-11(13)9-17/h1-6,8,16-17H,7,9H2. The van der Waals surface area contributed by atoms with Gasteiger partial charge >= 0.3 is 0 Å². The van der Waals surface area contributed by atoms with Crippen LogP contribution in [0.3, 0.4) is 0 Å². The van der Waals surface area contributed by atoms with E-state index in [1.54, 1.807) is 36.7 Å². The summed E-state index contributed by atoms with van der Waals surface area (Å²) >= 11 is 0. The lowest BCUT2D eigenvalue weighted by molar-refractivity contribution is 0.282. The van der Waals surface area contributed by atoms with Crippen LogP contribution in [0.5, 0.6) is 0 Å². The molecule has 1 heterocycles. The number of halogens is 1. The van der Waals surface area contributed by atoms with Crippen LogP contribution in [-0.2, 0) is 13.2 Å². The summed E-state index contributed by atoms with van der Waals surface area (Å²) < 4.78 is 13.4. The smallest absolute Gasteiger partial charge is 0.128 e. The molecule has 0 bridgehead atoms. The summed E-state index contributed by atoms with van der Waals surface area (Å²) in [5, 5.41) is 12.2. The lowest BCUT2D eigenvalue weighted by atomic mass is 10.2. The van der Waals surface area contributed by atoms with Gasteiger partial charge in [-0.05, 0) is 12.1 Å². The van der Waals surface area contributed by atoms with Crippen molar-refractivity contribution in [3.63, 3.8) is 0 Å². The summed E-state index contributed by atoms with van der Waals surface area (Å²) in [6.45, 7) is 0.299. The second-order valence-corrected chi connectivity index (χ2v) is 3.64. The average molecular weight is 232 g/mol. The Hall–Kier alpha value is -1.94. The van der Waals surface area contributed by atoms with Gasteiger partial charge in [0.25, 0.3) is 0 Å². The molecule has 0 spiro atoms. The Kier molecular flexibility index (Phi) is 3.67. The first-order valence-electron chi connectivity index (χ1n) is 5.32. The van der Waals surface area contributed by atoms with Crippen LogP contribution in [0.25, 0.3) is 0 Å². The molecule has 17 heavy (non-hydrogen) atoms. The van der Waals surface area contributed by atoms with Gasteiger partial charge in [-0.1, -0.05) is 18.2 Å². The monoisotopic (exact) mass is 232 g/mol. The molecule has 3 nitrogen and oxygen atoms in total. The van der Waals surface area contributed by atoms with Gasteiger partial charge in [0.2, 0.25) is 0 Å². The number of benzene rings is 1. The minimum absolute atomic E-state index is 0.0673. The second-order valence-electron chi connectivity index (χ2n) is 3.64. The van der Waals surface area contributed by atoms with Crippen LogP contribution in [-0.4, -0.2) is 10.1 Å². The van der Waals surface area contributed by atoms with E-state index in [2.05, 4.69) is 10.3 Å². The highest BCUT2D eigenvalue weighted by molar-refractivity contribution is 5.48. The van der Waals surface area contributed by atoms with Crippen molar-refractivity contribution >= 4 is 5.69 Å². The normalized spacial score (nSPS) is 10.2. The van der Waals surface area contributed by atoms with Gasteiger partial charge in [-0.3, -0.25) is 4.98 Å². The number of aliphatic hydroxyl groups excluding tert-OH is 1. The fourth-order valence-corrected chi connectivity index (χ4v) is 1.55. The molecule has 0 fully saturated rings. The van der Waals surface area contributed by atoms with Crippen molar-refractivity contribution in [2.24, 2.45) is 0 Å². The number of pyridine rings is 1. The predicted molar refractivity (Wildman–Crippen MR) is 63.9 cm³/mol. The van der Waals surface area contributed by atoms with Gasteiger partial charge in [-0.15, -0.1) is 0 Å². The summed E-state index contributed by atoms with van der Waals surface area (Å²) in [4.78, 5) is 3.96. The van der Waals surface area contributed by atoms with Crippen LogP contribution < -0.4 is 5.32 Å². The van der Waals surface area contributed by atoms with Crippen LogP contribution in [0.4, 0.5) is 10.1 Å². The van der Waals surface area contributed by atoms with E-state index in [0.29, 0.717) is 12.1 Å². The van der Waals surface area contributed by atoms with Crippen molar-refractivity contribution in [3.05, 3.63) is 59.7 Å². The fourth-order valence-electron chi connectivity index (χ4n) is 1.55. The van der Waals surface area contributed by atoms with Crippen molar-refractivity contribution in [1.29, 1.82) is 0 Å². The molecule has 4 heteroatoms. The zero-order chi connectivity index (χ0) is 12.1. The van der Waals surface area contributed by atoms with Crippen molar-refractivity contribution in [2.75, 3.05) is 5.32 Å². The van der Waals surface area contributed by atoms with Crippen LogP contribution in [0.1, 0.15) is 11.1 Å². The zero-order valence-corrected chi connectivity index (χ0v) is 9.23. The average Bonchev–Trinajstić information content (AvgIpc) is 2.38. The lowest BCUT2D eigenvalue weighted by Gasteiger charge is -2.10. The minimum Gasteiger partial charge on any atom is -0.392 e. The van der Waals surface area contributed by atoms with Gasteiger partial charge in [0.1, 0.15) is 5.82 Å². The first kappa shape index (κ1) is 11.5. The maximum Gasteiger partial charge on any atom is 0.128 e. The summed E-state index contributed by atoms with van der Waals surface area (Å²) in [5.41, 5.74) is 2.05. The Morgan fingerprint density at radius 1 is 1.18 bits per heavy atom. The molecule has 88 valence electrons. The van der Waals surface area contributed by atoms with E-state index in [1.807, 2.05) is 0 Å². The Morgan fingerprint density at radius 2 is 2.00 bits per heavy atom. The summed E-state index contributed by atoms with van der Waals surface area (Å²) in [5.74, 6) is -0.241. The van der Waals surface area contributed by atoms with E-state index in [1.165, 1.54) is 6.07 Å². The van der Waals surface area contributed by atoms with E-state index in [9.17, 15) is 4.39 Å².